The topological polar surface area (TPSA) is 61.8 Å². The van der Waals surface area contributed by atoms with Gasteiger partial charge in [-0.1, -0.05) is 49.7 Å². The van der Waals surface area contributed by atoms with E-state index >= 15 is 0 Å². The number of nitrogens with one attached hydrogen (secondary N) is 1. The number of likely N-dealkylation sites (tertiary alicyclic amines) is 1. The Labute approximate surface area is 216 Å². The summed E-state index contributed by atoms with van der Waals surface area (Å²) in [6, 6.07) is 17.1. The summed E-state index contributed by atoms with van der Waals surface area (Å²) in [5.41, 5.74) is 3.53. The molecule has 2 N–H and O–H groups in total. The Bertz CT molecular complexity index is 1040. The molecule has 0 unspecified atom stereocenters. The first kappa shape index (κ1) is 25.3. The van der Waals surface area contributed by atoms with Gasteiger partial charge in [0.1, 0.15) is 5.75 Å². The molecule has 2 fully saturated rings. The molecule has 194 valence electrons. The number of hydrogen-bond acceptors (Lipinski definition) is 4. The van der Waals surface area contributed by atoms with E-state index in [9.17, 15) is 9.90 Å². The van der Waals surface area contributed by atoms with Gasteiger partial charge in [0.15, 0.2) is 0 Å². The normalized spacial score (nSPS) is 27.8. The van der Waals surface area contributed by atoms with Crippen molar-refractivity contribution >= 4 is 6.09 Å². The predicted octanol–water partition coefficient (Wildman–Crippen LogP) is 5.63. The van der Waals surface area contributed by atoms with Crippen LogP contribution >= 0.6 is 0 Å². The number of fused-ring (bicyclic) bond motifs is 3. The third-order valence-corrected chi connectivity index (χ3v) is 9.00. The van der Waals surface area contributed by atoms with Crippen molar-refractivity contribution in [3.63, 3.8) is 0 Å². The minimum Gasteiger partial charge on any atom is -0.410 e. The quantitative estimate of drug-likeness (QED) is 0.504. The number of aryl methyl sites for hydroxylation is 1. The molecule has 3 atom stereocenters. The molecule has 0 bridgehead atoms. The Balaban J connectivity index is 1.33. The maximum absolute atomic E-state index is 12.4. The van der Waals surface area contributed by atoms with E-state index in [-0.39, 0.29) is 11.5 Å². The van der Waals surface area contributed by atoms with Crippen LogP contribution in [0.5, 0.6) is 5.75 Å². The molecule has 0 aromatic heterocycles. The lowest BCUT2D eigenvalue weighted by molar-refractivity contribution is -0.0565. The van der Waals surface area contributed by atoms with Gasteiger partial charge in [-0.2, -0.15) is 0 Å². The first-order valence-electron chi connectivity index (χ1n) is 14.1. The highest BCUT2D eigenvalue weighted by molar-refractivity contribution is 5.70. The minimum absolute atomic E-state index is 0.0193. The summed E-state index contributed by atoms with van der Waals surface area (Å²) in [5.74, 6) is 1.08. The molecule has 2 aromatic carbocycles. The van der Waals surface area contributed by atoms with Crippen molar-refractivity contribution in [2.24, 2.45) is 5.92 Å². The second-order valence-corrected chi connectivity index (χ2v) is 11.4. The van der Waals surface area contributed by atoms with Gasteiger partial charge in [0.2, 0.25) is 0 Å². The lowest BCUT2D eigenvalue weighted by Crippen LogP contribution is -2.51. The van der Waals surface area contributed by atoms with Crippen LogP contribution in [0.4, 0.5) is 4.79 Å². The number of ether oxygens (including phenoxy) is 1. The molecule has 1 saturated heterocycles. The Kier molecular flexibility index (Phi) is 7.68. The molecular formula is C31H42N2O3. The van der Waals surface area contributed by atoms with Crippen molar-refractivity contribution in [3.05, 3.63) is 65.2 Å². The molecule has 0 spiro atoms. The summed E-state index contributed by atoms with van der Waals surface area (Å²) in [7, 11) is 0. The third-order valence-electron chi connectivity index (χ3n) is 9.00. The predicted molar refractivity (Wildman–Crippen MR) is 143 cm³/mol. The van der Waals surface area contributed by atoms with Gasteiger partial charge in [-0.15, -0.1) is 0 Å². The summed E-state index contributed by atoms with van der Waals surface area (Å²) in [6.07, 6.45) is 9.79. The van der Waals surface area contributed by atoms with Crippen molar-refractivity contribution in [2.45, 2.75) is 82.1 Å². The molecule has 1 saturated carbocycles. The van der Waals surface area contributed by atoms with Crippen molar-refractivity contribution in [2.75, 3.05) is 26.2 Å². The van der Waals surface area contributed by atoms with Crippen molar-refractivity contribution in [3.8, 4) is 5.75 Å². The zero-order chi connectivity index (χ0) is 25.0. The van der Waals surface area contributed by atoms with Gasteiger partial charge >= 0.3 is 6.09 Å². The highest BCUT2D eigenvalue weighted by Crippen LogP contribution is 2.55. The van der Waals surface area contributed by atoms with Gasteiger partial charge in [0, 0.05) is 18.5 Å². The van der Waals surface area contributed by atoms with Gasteiger partial charge in [-0.05, 0) is 106 Å². The molecule has 1 amide bonds. The van der Waals surface area contributed by atoms with Crippen molar-refractivity contribution in [1.82, 2.24) is 10.2 Å². The molecule has 1 heterocycles. The van der Waals surface area contributed by atoms with Gasteiger partial charge in [0.25, 0.3) is 0 Å². The van der Waals surface area contributed by atoms with Crippen LogP contribution in [-0.4, -0.2) is 47.9 Å². The van der Waals surface area contributed by atoms with Gasteiger partial charge in [-0.3, -0.25) is 0 Å². The van der Waals surface area contributed by atoms with E-state index < -0.39 is 5.60 Å². The number of carbonyl (C=O) groups excluding carboxylic acids is 1. The molecule has 3 aliphatic rings. The fourth-order valence-electron chi connectivity index (χ4n) is 7.25. The van der Waals surface area contributed by atoms with Crippen LogP contribution in [0.25, 0.3) is 0 Å². The number of benzene rings is 2. The van der Waals surface area contributed by atoms with E-state index in [1.165, 1.54) is 29.5 Å². The minimum atomic E-state index is -0.534. The zero-order valence-electron chi connectivity index (χ0n) is 21.8. The molecule has 2 aliphatic carbocycles. The lowest BCUT2D eigenvalue weighted by atomic mass is 9.52. The Morgan fingerprint density at radius 3 is 2.72 bits per heavy atom. The second-order valence-electron chi connectivity index (χ2n) is 11.4. The fourth-order valence-corrected chi connectivity index (χ4v) is 7.25. The summed E-state index contributed by atoms with van der Waals surface area (Å²) in [6.45, 7) is 5.93. The molecular weight excluding hydrogens is 448 g/mol. The summed E-state index contributed by atoms with van der Waals surface area (Å²) >= 11 is 0. The standard InChI is InChI=1S/C31H42N2O3/c1-2-14-30(35)15-16-31(22-24-8-4-3-5-9-24)26(23-30)11-10-25-21-27(12-13-28(25)31)36-29(34)32-17-20-33-18-6-7-19-33/h3-5,8-9,12-13,21,26,35H,2,6-7,10-11,14-20,22-23H2,1H3,(H,32,34)/t26-,30-,31+/m1/s1. The molecule has 2 aromatic rings. The van der Waals surface area contributed by atoms with E-state index in [4.69, 9.17) is 4.74 Å². The number of carbonyl (C=O) groups is 1. The molecule has 36 heavy (non-hydrogen) atoms. The summed E-state index contributed by atoms with van der Waals surface area (Å²) in [5, 5.41) is 14.3. The highest BCUT2D eigenvalue weighted by Gasteiger charge is 2.51. The lowest BCUT2D eigenvalue weighted by Gasteiger charge is -2.53. The van der Waals surface area contributed by atoms with Crippen LogP contribution < -0.4 is 10.1 Å². The van der Waals surface area contributed by atoms with Crippen molar-refractivity contribution in [1.29, 1.82) is 0 Å². The fraction of sp³-hybridized carbons (Fsp3) is 0.581. The second kappa shape index (κ2) is 10.9. The highest BCUT2D eigenvalue weighted by atomic mass is 16.6. The Hall–Kier alpha value is -2.37. The van der Waals surface area contributed by atoms with Crippen molar-refractivity contribution < 1.29 is 14.6 Å². The molecule has 1 aliphatic heterocycles. The van der Waals surface area contributed by atoms with Gasteiger partial charge in [0.05, 0.1) is 5.60 Å². The van der Waals surface area contributed by atoms with Gasteiger partial charge < -0.3 is 20.1 Å². The number of hydrogen-bond donors (Lipinski definition) is 2. The average molecular weight is 491 g/mol. The van der Waals surface area contributed by atoms with Crippen LogP contribution in [0.2, 0.25) is 0 Å². The van der Waals surface area contributed by atoms with Gasteiger partial charge in [-0.25, -0.2) is 4.79 Å². The Morgan fingerprint density at radius 1 is 1.14 bits per heavy atom. The molecule has 5 heteroatoms. The van der Waals surface area contributed by atoms with E-state index in [1.54, 1.807) is 0 Å². The largest absolute Gasteiger partial charge is 0.412 e. The number of nitrogens with zero attached hydrogens (tertiary/aromatic N) is 1. The van der Waals surface area contributed by atoms with E-state index in [1.807, 2.05) is 6.07 Å². The van der Waals surface area contributed by atoms with Crippen LogP contribution in [-0.2, 0) is 18.3 Å². The zero-order valence-corrected chi connectivity index (χ0v) is 21.8. The summed E-state index contributed by atoms with van der Waals surface area (Å²) in [4.78, 5) is 14.8. The first-order chi connectivity index (χ1) is 17.5. The third kappa shape index (κ3) is 5.47. The van der Waals surface area contributed by atoms with E-state index in [0.29, 0.717) is 18.2 Å². The Morgan fingerprint density at radius 2 is 1.94 bits per heavy atom. The van der Waals surface area contributed by atoms with Crippen LogP contribution in [0, 0.1) is 5.92 Å². The summed E-state index contributed by atoms with van der Waals surface area (Å²) < 4.78 is 5.69. The number of amides is 1. The molecule has 5 nitrogen and oxygen atoms in total. The number of aliphatic hydroxyl groups is 1. The average Bonchev–Trinajstić information content (AvgIpc) is 3.39. The van der Waals surface area contributed by atoms with E-state index in [2.05, 4.69) is 59.6 Å². The molecule has 0 radical (unpaired) electrons. The van der Waals surface area contributed by atoms with Crippen LogP contribution in [0.1, 0.15) is 75.0 Å². The SMILES string of the molecule is CCC[C@@]1(O)CC[C@@]2(Cc3ccccc3)c3ccc(OC(=O)NCCN4CCCC4)cc3CC[C@@H]2C1. The number of rotatable bonds is 8. The first-order valence-corrected chi connectivity index (χ1v) is 14.1. The maximum Gasteiger partial charge on any atom is 0.412 e. The van der Waals surface area contributed by atoms with Crippen LogP contribution in [0.15, 0.2) is 48.5 Å². The van der Waals surface area contributed by atoms with Crippen LogP contribution in [0.3, 0.4) is 0 Å². The smallest absolute Gasteiger partial charge is 0.410 e. The van der Waals surface area contributed by atoms with E-state index in [0.717, 1.165) is 71.0 Å². The monoisotopic (exact) mass is 490 g/mol. The molecule has 5 rings (SSSR count). The maximum atomic E-state index is 12.4.